The van der Waals surface area contributed by atoms with E-state index >= 15 is 0 Å². The van der Waals surface area contributed by atoms with Gasteiger partial charge in [0.05, 0.1) is 11.8 Å². The van der Waals surface area contributed by atoms with Crippen molar-refractivity contribution < 1.29 is 18.3 Å². The molecule has 1 aromatic carbocycles. The standard InChI is InChI=1S/C11H9F3N2O/c1-16-6-7(5-15-16)9-4-8(11(12,13)14)2-3-10(9)17/h2-6,17H,1H3. The van der Waals surface area contributed by atoms with Gasteiger partial charge in [-0.25, -0.2) is 0 Å². The average molecular weight is 242 g/mol. The first-order valence-electron chi connectivity index (χ1n) is 4.77. The predicted molar refractivity (Wildman–Crippen MR) is 55.3 cm³/mol. The fourth-order valence-corrected chi connectivity index (χ4v) is 1.50. The SMILES string of the molecule is Cn1cc(-c2cc(C(F)(F)F)ccc2O)cn1. The van der Waals surface area contributed by atoms with E-state index in [-0.39, 0.29) is 11.3 Å². The molecule has 1 N–H and O–H groups in total. The Balaban J connectivity index is 2.54. The van der Waals surface area contributed by atoms with Gasteiger partial charge in [-0.15, -0.1) is 0 Å². The summed E-state index contributed by atoms with van der Waals surface area (Å²) in [6, 6.07) is 2.78. The highest BCUT2D eigenvalue weighted by Gasteiger charge is 2.31. The molecular weight excluding hydrogens is 233 g/mol. The van der Waals surface area contributed by atoms with E-state index in [9.17, 15) is 18.3 Å². The topological polar surface area (TPSA) is 38.0 Å². The van der Waals surface area contributed by atoms with Gasteiger partial charge in [-0.05, 0) is 18.2 Å². The van der Waals surface area contributed by atoms with Crippen molar-refractivity contribution in [2.24, 2.45) is 7.05 Å². The molecule has 0 spiro atoms. The van der Waals surface area contributed by atoms with Crippen LogP contribution in [0.15, 0.2) is 30.6 Å². The number of rotatable bonds is 1. The number of phenols is 1. The first-order chi connectivity index (χ1) is 7.88. The second-order valence-corrected chi connectivity index (χ2v) is 3.63. The Hall–Kier alpha value is -1.98. The fraction of sp³-hybridized carbons (Fsp3) is 0.182. The van der Waals surface area contributed by atoms with Gasteiger partial charge >= 0.3 is 6.18 Å². The molecule has 90 valence electrons. The lowest BCUT2D eigenvalue weighted by atomic mass is 10.0. The van der Waals surface area contributed by atoms with Crippen LogP contribution in [0.25, 0.3) is 11.1 Å². The summed E-state index contributed by atoms with van der Waals surface area (Å²) in [6.07, 6.45) is -1.49. The van der Waals surface area contributed by atoms with Gasteiger partial charge in [0.25, 0.3) is 0 Å². The third-order valence-corrected chi connectivity index (χ3v) is 2.34. The summed E-state index contributed by atoms with van der Waals surface area (Å²) in [7, 11) is 1.65. The van der Waals surface area contributed by atoms with Crippen LogP contribution in [0.4, 0.5) is 13.2 Å². The minimum atomic E-state index is -4.43. The number of aromatic nitrogens is 2. The molecule has 0 radical (unpaired) electrons. The number of nitrogens with zero attached hydrogens (tertiary/aromatic N) is 2. The van der Waals surface area contributed by atoms with Gasteiger partial charge in [0, 0.05) is 24.4 Å². The summed E-state index contributed by atoms with van der Waals surface area (Å²) in [4.78, 5) is 0. The van der Waals surface area contributed by atoms with Crippen molar-refractivity contribution in [3.63, 3.8) is 0 Å². The Kier molecular flexibility index (Phi) is 2.57. The Morgan fingerprint density at radius 2 is 2.00 bits per heavy atom. The third kappa shape index (κ3) is 2.25. The first-order valence-corrected chi connectivity index (χ1v) is 4.77. The molecule has 0 atom stereocenters. The number of halogens is 3. The molecule has 0 saturated heterocycles. The van der Waals surface area contributed by atoms with E-state index in [0.29, 0.717) is 5.56 Å². The van der Waals surface area contributed by atoms with Crippen LogP contribution in [0.2, 0.25) is 0 Å². The lowest BCUT2D eigenvalue weighted by Crippen LogP contribution is -2.04. The van der Waals surface area contributed by atoms with Crippen LogP contribution in [0.1, 0.15) is 5.56 Å². The zero-order valence-electron chi connectivity index (χ0n) is 8.86. The molecule has 2 aromatic rings. The highest BCUT2D eigenvalue weighted by Crippen LogP contribution is 2.36. The third-order valence-electron chi connectivity index (χ3n) is 2.34. The number of hydrogen-bond acceptors (Lipinski definition) is 2. The van der Waals surface area contributed by atoms with Crippen molar-refractivity contribution in [3.05, 3.63) is 36.2 Å². The fourth-order valence-electron chi connectivity index (χ4n) is 1.50. The van der Waals surface area contributed by atoms with Crippen LogP contribution < -0.4 is 0 Å². The molecular formula is C11H9F3N2O. The van der Waals surface area contributed by atoms with Gasteiger partial charge in [0.2, 0.25) is 0 Å². The predicted octanol–water partition coefficient (Wildman–Crippen LogP) is 2.81. The summed E-state index contributed by atoms with van der Waals surface area (Å²) in [5.41, 5.74) is -0.238. The van der Waals surface area contributed by atoms with Crippen molar-refractivity contribution in [1.82, 2.24) is 9.78 Å². The Bertz CT molecular complexity index is 546. The molecule has 1 heterocycles. The molecule has 2 rings (SSSR count). The number of phenolic OH excluding ortho intramolecular Hbond substituents is 1. The summed E-state index contributed by atoms with van der Waals surface area (Å²) in [5, 5.41) is 13.4. The molecule has 3 nitrogen and oxygen atoms in total. The summed E-state index contributed by atoms with van der Waals surface area (Å²) in [5.74, 6) is -0.203. The monoisotopic (exact) mass is 242 g/mol. The van der Waals surface area contributed by atoms with E-state index in [2.05, 4.69) is 5.10 Å². The van der Waals surface area contributed by atoms with E-state index in [1.54, 1.807) is 7.05 Å². The Morgan fingerprint density at radius 3 is 2.53 bits per heavy atom. The Labute approximate surface area is 95.1 Å². The lowest BCUT2D eigenvalue weighted by Gasteiger charge is -2.09. The molecule has 17 heavy (non-hydrogen) atoms. The van der Waals surface area contributed by atoms with Crippen LogP contribution >= 0.6 is 0 Å². The van der Waals surface area contributed by atoms with Gasteiger partial charge in [-0.3, -0.25) is 4.68 Å². The van der Waals surface area contributed by atoms with Gasteiger partial charge in [-0.2, -0.15) is 18.3 Å². The summed E-state index contributed by atoms with van der Waals surface area (Å²) >= 11 is 0. The van der Waals surface area contributed by atoms with E-state index in [0.717, 1.165) is 18.2 Å². The van der Waals surface area contributed by atoms with Crippen LogP contribution in [0.5, 0.6) is 5.75 Å². The maximum absolute atomic E-state index is 12.5. The van der Waals surface area contributed by atoms with Gasteiger partial charge in [0.15, 0.2) is 0 Å². The normalized spacial score (nSPS) is 11.8. The van der Waals surface area contributed by atoms with Gasteiger partial charge in [0.1, 0.15) is 5.75 Å². The molecule has 0 aliphatic rings. The zero-order valence-corrected chi connectivity index (χ0v) is 8.86. The van der Waals surface area contributed by atoms with Gasteiger partial charge < -0.3 is 5.11 Å². The van der Waals surface area contributed by atoms with Crippen molar-refractivity contribution >= 4 is 0 Å². The van der Waals surface area contributed by atoms with Crippen molar-refractivity contribution in [2.75, 3.05) is 0 Å². The quantitative estimate of drug-likeness (QED) is 0.835. The highest BCUT2D eigenvalue weighted by atomic mass is 19.4. The largest absolute Gasteiger partial charge is 0.507 e. The first kappa shape index (κ1) is 11.5. The zero-order chi connectivity index (χ0) is 12.6. The highest BCUT2D eigenvalue weighted by molar-refractivity contribution is 5.69. The van der Waals surface area contributed by atoms with Crippen molar-refractivity contribution in [2.45, 2.75) is 6.18 Å². The Morgan fingerprint density at radius 1 is 1.29 bits per heavy atom. The summed E-state index contributed by atoms with van der Waals surface area (Å²) in [6.45, 7) is 0. The molecule has 0 aliphatic carbocycles. The van der Waals surface area contributed by atoms with E-state index < -0.39 is 11.7 Å². The molecule has 0 aliphatic heterocycles. The minimum Gasteiger partial charge on any atom is -0.507 e. The van der Waals surface area contributed by atoms with Crippen LogP contribution in [-0.2, 0) is 13.2 Å². The minimum absolute atomic E-state index is 0.118. The lowest BCUT2D eigenvalue weighted by molar-refractivity contribution is -0.137. The molecule has 0 amide bonds. The van der Waals surface area contributed by atoms with E-state index in [4.69, 9.17) is 0 Å². The maximum Gasteiger partial charge on any atom is 0.416 e. The molecule has 0 fully saturated rings. The van der Waals surface area contributed by atoms with Crippen LogP contribution in [0.3, 0.4) is 0 Å². The molecule has 6 heteroatoms. The smallest absolute Gasteiger partial charge is 0.416 e. The van der Waals surface area contributed by atoms with Gasteiger partial charge in [-0.1, -0.05) is 0 Å². The number of aryl methyl sites for hydroxylation is 1. The second-order valence-electron chi connectivity index (χ2n) is 3.63. The van der Waals surface area contributed by atoms with Crippen LogP contribution in [-0.4, -0.2) is 14.9 Å². The summed E-state index contributed by atoms with van der Waals surface area (Å²) < 4.78 is 39.0. The number of alkyl halides is 3. The number of hydrogen-bond donors (Lipinski definition) is 1. The number of aromatic hydroxyl groups is 1. The van der Waals surface area contributed by atoms with Crippen molar-refractivity contribution in [3.8, 4) is 16.9 Å². The second kappa shape index (κ2) is 3.80. The molecule has 0 unspecified atom stereocenters. The molecule has 0 saturated carbocycles. The molecule has 0 bridgehead atoms. The van der Waals surface area contributed by atoms with E-state index in [1.807, 2.05) is 0 Å². The average Bonchev–Trinajstić information content (AvgIpc) is 2.63. The van der Waals surface area contributed by atoms with E-state index in [1.165, 1.54) is 17.1 Å². The maximum atomic E-state index is 12.5. The molecule has 1 aromatic heterocycles. The number of benzene rings is 1. The van der Waals surface area contributed by atoms with Crippen LogP contribution in [0, 0.1) is 0 Å². The van der Waals surface area contributed by atoms with Crippen molar-refractivity contribution in [1.29, 1.82) is 0 Å².